The summed E-state index contributed by atoms with van der Waals surface area (Å²) >= 11 is 1.64. The molecular formula is C16H19N5O2S. The first-order valence-corrected chi connectivity index (χ1v) is 8.47. The lowest BCUT2D eigenvalue weighted by Crippen LogP contribution is -2.22. The number of nitrogens with zero attached hydrogens (tertiary/aromatic N) is 5. The van der Waals surface area contributed by atoms with Crippen molar-refractivity contribution in [2.45, 2.75) is 19.4 Å². The highest BCUT2D eigenvalue weighted by molar-refractivity contribution is 7.09. The average Bonchev–Trinajstić information content (AvgIpc) is 3.30. The maximum atomic E-state index is 5.28. The second-order valence-electron chi connectivity index (χ2n) is 5.32. The minimum atomic E-state index is 0.160. The smallest absolute Gasteiger partial charge is 0.259 e. The van der Waals surface area contributed by atoms with Crippen LogP contribution in [-0.4, -0.2) is 40.9 Å². The van der Waals surface area contributed by atoms with Crippen molar-refractivity contribution < 1.29 is 9.26 Å². The third-order valence-electron chi connectivity index (χ3n) is 3.74. The van der Waals surface area contributed by atoms with Crippen molar-refractivity contribution in [1.82, 2.24) is 20.1 Å². The lowest BCUT2D eigenvalue weighted by molar-refractivity contribution is 0.199. The Morgan fingerprint density at radius 1 is 1.33 bits per heavy atom. The molecule has 0 radical (unpaired) electrons. The van der Waals surface area contributed by atoms with Gasteiger partial charge in [0.1, 0.15) is 10.8 Å². The lowest BCUT2D eigenvalue weighted by Gasteiger charge is -2.24. The fraction of sp³-hybridized carbons (Fsp3) is 0.375. The van der Waals surface area contributed by atoms with Crippen LogP contribution in [0.1, 0.15) is 23.8 Å². The standard InChI is InChI=1S/C16H19N5O2S/c1-11(16-17-7-9-24-16)21(2)14-5-4-12(10-18-14)15-19-13(20-23-15)6-8-22-3/h4-5,7,9-11H,6,8H2,1-3H3. The zero-order chi connectivity index (χ0) is 16.9. The van der Waals surface area contributed by atoms with Crippen LogP contribution in [0, 0.1) is 0 Å². The summed E-state index contributed by atoms with van der Waals surface area (Å²) in [6.07, 6.45) is 4.19. The quantitative estimate of drug-likeness (QED) is 0.651. The van der Waals surface area contributed by atoms with Gasteiger partial charge in [-0.25, -0.2) is 9.97 Å². The van der Waals surface area contributed by atoms with E-state index in [0.717, 1.165) is 16.4 Å². The molecule has 24 heavy (non-hydrogen) atoms. The molecule has 0 spiro atoms. The number of methoxy groups -OCH3 is 1. The lowest BCUT2D eigenvalue weighted by atomic mass is 10.2. The summed E-state index contributed by atoms with van der Waals surface area (Å²) in [7, 11) is 3.65. The van der Waals surface area contributed by atoms with Gasteiger partial charge >= 0.3 is 0 Å². The van der Waals surface area contributed by atoms with Crippen molar-refractivity contribution in [2.75, 3.05) is 25.7 Å². The molecule has 0 aliphatic carbocycles. The average molecular weight is 345 g/mol. The molecule has 0 saturated heterocycles. The normalized spacial score (nSPS) is 12.3. The number of thiazole rings is 1. The second-order valence-corrected chi connectivity index (χ2v) is 6.25. The molecule has 0 aliphatic rings. The maximum absolute atomic E-state index is 5.28. The fourth-order valence-corrected chi connectivity index (χ4v) is 2.93. The van der Waals surface area contributed by atoms with Gasteiger partial charge in [0.15, 0.2) is 5.82 Å². The van der Waals surface area contributed by atoms with E-state index in [1.165, 1.54) is 0 Å². The van der Waals surface area contributed by atoms with E-state index in [0.29, 0.717) is 24.7 Å². The van der Waals surface area contributed by atoms with Gasteiger partial charge in [0, 0.05) is 38.4 Å². The largest absolute Gasteiger partial charge is 0.384 e. The first-order chi connectivity index (χ1) is 11.7. The topological polar surface area (TPSA) is 77.2 Å². The van der Waals surface area contributed by atoms with E-state index in [1.807, 2.05) is 30.8 Å². The minimum Gasteiger partial charge on any atom is -0.384 e. The Morgan fingerprint density at radius 2 is 2.21 bits per heavy atom. The van der Waals surface area contributed by atoms with Crippen LogP contribution in [0.15, 0.2) is 34.4 Å². The van der Waals surface area contributed by atoms with Crippen LogP contribution in [0.3, 0.4) is 0 Å². The molecule has 3 aromatic heterocycles. The second kappa shape index (κ2) is 7.50. The van der Waals surface area contributed by atoms with Crippen molar-refractivity contribution in [3.05, 3.63) is 40.7 Å². The molecule has 1 atom stereocenters. The van der Waals surface area contributed by atoms with E-state index in [4.69, 9.17) is 9.26 Å². The van der Waals surface area contributed by atoms with Gasteiger partial charge in [0.25, 0.3) is 5.89 Å². The molecule has 3 aromatic rings. The molecule has 0 amide bonds. The summed E-state index contributed by atoms with van der Waals surface area (Å²) in [6, 6.07) is 4.03. The zero-order valence-corrected chi connectivity index (χ0v) is 14.7. The first-order valence-electron chi connectivity index (χ1n) is 7.59. The molecule has 0 aliphatic heterocycles. The predicted octanol–water partition coefficient (Wildman–Crippen LogP) is 2.97. The van der Waals surface area contributed by atoms with Crippen molar-refractivity contribution >= 4 is 17.2 Å². The zero-order valence-electron chi connectivity index (χ0n) is 13.8. The Kier molecular flexibility index (Phi) is 5.17. The van der Waals surface area contributed by atoms with Crippen LogP contribution in [0.2, 0.25) is 0 Å². The number of hydrogen-bond donors (Lipinski definition) is 0. The third-order valence-corrected chi connectivity index (χ3v) is 4.69. The molecule has 0 bridgehead atoms. The summed E-state index contributed by atoms with van der Waals surface area (Å²) in [5, 5.41) is 6.98. The summed E-state index contributed by atoms with van der Waals surface area (Å²) in [5.41, 5.74) is 0.796. The van der Waals surface area contributed by atoms with Gasteiger partial charge in [-0.05, 0) is 19.1 Å². The van der Waals surface area contributed by atoms with E-state index in [2.05, 4.69) is 31.9 Å². The molecule has 1 unspecified atom stereocenters. The summed E-state index contributed by atoms with van der Waals surface area (Å²) in [5.74, 6) is 1.96. The van der Waals surface area contributed by atoms with Crippen LogP contribution in [-0.2, 0) is 11.2 Å². The summed E-state index contributed by atoms with van der Waals surface area (Å²) in [4.78, 5) is 15.3. The molecule has 0 saturated carbocycles. The van der Waals surface area contributed by atoms with Gasteiger partial charge in [-0.3, -0.25) is 0 Å². The number of anilines is 1. The van der Waals surface area contributed by atoms with Gasteiger partial charge < -0.3 is 14.2 Å². The predicted molar refractivity (Wildman–Crippen MR) is 92.0 cm³/mol. The van der Waals surface area contributed by atoms with Crippen LogP contribution >= 0.6 is 11.3 Å². The fourth-order valence-electron chi connectivity index (χ4n) is 2.19. The Labute approximate surface area is 144 Å². The van der Waals surface area contributed by atoms with E-state index in [1.54, 1.807) is 24.6 Å². The molecule has 0 aromatic carbocycles. The first kappa shape index (κ1) is 16.5. The van der Waals surface area contributed by atoms with Gasteiger partial charge in [-0.1, -0.05) is 5.16 Å². The maximum Gasteiger partial charge on any atom is 0.259 e. The van der Waals surface area contributed by atoms with Gasteiger partial charge in [-0.2, -0.15) is 4.98 Å². The number of pyridine rings is 1. The van der Waals surface area contributed by atoms with Gasteiger partial charge in [-0.15, -0.1) is 11.3 Å². The van der Waals surface area contributed by atoms with Gasteiger partial charge in [0.2, 0.25) is 0 Å². The van der Waals surface area contributed by atoms with Crippen LogP contribution in [0.5, 0.6) is 0 Å². The monoisotopic (exact) mass is 345 g/mol. The van der Waals surface area contributed by atoms with E-state index < -0.39 is 0 Å². The van der Waals surface area contributed by atoms with Crippen molar-refractivity contribution in [3.63, 3.8) is 0 Å². The number of rotatable bonds is 7. The summed E-state index contributed by atoms with van der Waals surface area (Å²) < 4.78 is 10.3. The Balaban J connectivity index is 1.72. The molecule has 7 nitrogen and oxygen atoms in total. The Bertz CT molecular complexity index is 757. The minimum absolute atomic E-state index is 0.160. The van der Waals surface area contributed by atoms with E-state index in [9.17, 15) is 0 Å². The Morgan fingerprint density at radius 3 is 2.88 bits per heavy atom. The van der Waals surface area contributed by atoms with E-state index >= 15 is 0 Å². The van der Waals surface area contributed by atoms with Gasteiger partial charge in [0.05, 0.1) is 18.2 Å². The molecular weight excluding hydrogens is 326 g/mol. The van der Waals surface area contributed by atoms with Crippen LogP contribution in [0.4, 0.5) is 5.82 Å². The number of ether oxygens (including phenoxy) is 1. The molecule has 3 rings (SSSR count). The highest BCUT2D eigenvalue weighted by Gasteiger charge is 2.16. The molecule has 126 valence electrons. The SMILES string of the molecule is COCCc1noc(-c2ccc(N(C)C(C)c3nccs3)nc2)n1. The number of aromatic nitrogens is 4. The Hall–Kier alpha value is -2.32. The third kappa shape index (κ3) is 3.60. The highest BCUT2D eigenvalue weighted by Crippen LogP contribution is 2.26. The molecule has 0 fully saturated rings. The molecule has 0 N–H and O–H groups in total. The van der Waals surface area contributed by atoms with Crippen molar-refractivity contribution in [1.29, 1.82) is 0 Å². The van der Waals surface area contributed by atoms with Crippen molar-refractivity contribution in [3.8, 4) is 11.5 Å². The van der Waals surface area contributed by atoms with Crippen LogP contribution in [0.25, 0.3) is 11.5 Å². The van der Waals surface area contributed by atoms with E-state index in [-0.39, 0.29) is 6.04 Å². The van der Waals surface area contributed by atoms with Crippen molar-refractivity contribution in [2.24, 2.45) is 0 Å². The summed E-state index contributed by atoms with van der Waals surface area (Å²) in [6.45, 7) is 2.67. The molecule has 8 heteroatoms. The molecule has 3 heterocycles. The highest BCUT2D eigenvalue weighted by atomic mass is 32.1. The van der Waals surface area contributed by atoms with Crippen LogP contribution < -0.4 is 4.90 Å². The number of hydrogen-bond acceptors (Lipinski definition) is 8.